The third-order valence-corrected chi connectivity index (χ3v) is 3.38. The lowest BCUT2D eigenvalue weighted by atomic mass is 10.1. The number of aliphatic hydroxyl groups excluding tert-OH is 1. The van der Waals surface area contributed by atoms with E-state index in [1.165, 1.54) is 16.8 Å². The van der Waals surface area contributed by atoms with Crippen LogP contribution < -0.4 is 10.2 Å². The predicted octanol–water partition coefficient (Wildman–Crippen LogP) is 1.94. The molecule has 0 atom stereocenters. The summed E-state index contributed by atoms with van der Waals surface area (Å²) in [4.78, 5) is 2.31. The Bertz CT molecular complexity index is 383. The number of ether oxygens (including phenoxy) is 1. The van der Waals surface area contributed by atoms with Gasteiger partial charge in [-0.05, 0) is 37.5 Å². The molecule has 0 aromatic heterocycles. The van der Waals surface area contributed by atoms with Crippen LogP contribution in [0.15, 0.2) is 18.2 Å². The van der Waals surface area contributed by atoms with Crippen LogP contribution in [0.4, 0.5) is 5.69 Å². The zero-order valence-corrected chi connectivity index (χ0v) is 13.0. The number of aryl methyl sites for hydroxylation is 1. The van der Waals surface area contributed by atoms with E-state index in [0.717, 1.165) is 39.2 Å². The monoisotopic (exact) mass is 280 g/mol. The largest absolute Gasteiger partial charge is 0.396 e. The van der Waals surface area contributed by atoms with Crippen LogP contribution in [0.5, 0.6) is 0 Å². The van der Waals surface area contributed by atoms with Gasteiger partial charge in [-0.15, -0.1) is 0 Å². The number of benzene rings is 1. The molecule has 114 valence electrons. The van der Waals surface area contributed by atoms with Crippen molar-refractivity contribution in [3.05, 3.63) is 29.3 Å². The first kappa shape index (κ1) is 17.0. The van der Waals surface area contributed by atoms with Gasteiger partial charge in [0.2, 0.25) is 0 Å². The third-order valence-electron chi connectivity index (χ3n) is 3.38. The van der Waals surface area contributed by atoms with Crippen LogP contribution in [0.2, 0.25) is 0 Å². The number of rotatable bonds is 10. The molecule has 0 saturated heterocycles. The van der Waals surface area contributed by atoms with Gasteiger partial charge in [0.05, 0.1) is 6.61 Å². The topological polar surface area (TPSA) is 44.7 Å². The van der Waals surface area contributed by atoms with Crippen LogP contribution in [-0.4, -0.2) is 45.1 Å². The SMILES string of the molecule is CCN(CCCO)c1ccc(CNCCOC)cc1C. The van der Waals surface area contributed by atoms with E-state index in [2.05, 4.69) is 42.3 Å². The Morgan fingerprint density at radius 2 is 2.15 bits per heavy atom. The molecule has 20 heavy (non-hydrogen) atoms. The quantitative estimate of drug-likeness (QED) is 0.643. The van der Waals surface area contributed by atoms with E-state index < -0.39 is 0 Å². The molecule has 1 aromatic carbocycles. The molecule has 4 heteroatoms. The highest BCUT2D eigenvalue weighted by molar-refractivity contribution is 5.54. The summed E-state index contributed by atoms with van der Waals surface area (Å²) in [6.45, 7) is 8.89. The average Bonchev–Trinajstić information content (AvgIpc) is 2.46. The van der Waals surface area contributed by atoms with Crippen LogP contribution in [-0.2, 0) is 11.3 Å². The fourth-order valence-corrected chi connectivity index (χ4v) is 2.30. The van der Waals surface area contributed by atoms with E-state index >= 15 is 0 Å². The molecule has 0 amide bonds. The van der Waals surface area contributed by atoms with Crippen molar-refractivity contribution in [3.8, 4) is 0 Å². The second kappa shape index (κ2) is 9.75. The van der Waals surface area contributed by atoms with Crippen molar-refractivity contribution < 1.29 is 9.84 Å². The lowest BCUT2D eigenvalue weighted by Gasteiger charge is -2.25. The molecule has 0 heterocycles. The minimum Gasteiger partial charge on any atom is -0.396 e. The molecule has 0 radical (unpaired) electrons. The number of hydrogen-bond acceptors (Lipinski definition) is 4. The van der Waals surface area contributed by atoms with Gasteiger partial charge < -0.3 is 20.1 Å². The molecule has 0 aliphatic rings. The van der Waals surface area contributed by atoms with Crippen molar-refractivity contribution in [2.24, 2.45) is 0 Å². The summed E-state index contributed by atoms with van der Waals surface area (Å²) in [6, 6.07) is 6.59. The van der Waals surface area contributed by atoms with Crippen molar-refractivity contribution >= 4 is 5.69 Å². The highest BCUT2D eigenvalue weighted by atomic mass is 16.5. The lowest BCUT2D eigenvalue weighted by Crippen LogP contribution is -2.25. The normalized spacial score (nSPS) is 10.8. The first-order chi connectivity index (χ1) is 9.72. The van der Waals surface area contributed by atoms with Gasteiger partial charge in [-0.3, -0.25) is 0 Å². The zero-order valence-electron chi connectivity index (χ0n) is 13.0. The summed E-state index contributed by atoms with van der Waals surface area (Å²) in [6.07, 6.45) is 0.813. The smallest absolute Gasteiger partial charge is 0.0587 e. The molecular weight excluding hydrogens is 252 g/mol. The second-order valence-electron chi connectivity index (χ2n) is 4.95. The van der Waals surface area contributed by atoms with E-state index in [0.29, 0.717) is 0 Å². The molecule has 0 aliphatic heterocycles. The molecule has 0 saturated carbocycles. The number of methoxy groups -OCH3 is 1. The van der Waals surface area contributed by atoms with E-state index in [9.17, 15) is 0 Å². The average molecular weight is 280 g/mol. The van der Waals surface area contributed by atoms with E-state index in [4.69, 9.17) is 9.84 Å². The minimum atomic E-state index is 0.247. The Labute approximate surface area is 122 Å². The Hall–Kier alpha value is -1.10. The van der Waals surface area contributed by atoms with Gasteiger partial charge in [-0.1, -0.05) is 12.1 Å². The Morgan fingerprint density at radius 1 is 1.35 bits per heavy atom. The predicted molar refractivity (Wildman–Crippen MR) is 84.4 cm³/mol. The summed E-state index contributed by atoms with van der Waals surface area (Å²) in [7, 11) is 1.71. The zero-order chi connectivity index (χ0) is 14.8. The number of hydrogen-bond donors (Lipinski definition) is 2. The molecule has 0 unspecified atom stereocenters. The second-order valence-corrected chi connectivity index (χ2v) is 4.95. The highest BCUT2D eigenvalue weighted by Gasteiger charge is 2.07. The summed E-state index contributed by atoms with van der Waals surface area (Å²) >= 11 is 0. The molecule has 1 aromatic rings. The molecule has 0 bridgehead atoms. The van der Waals surface area contributed by atoms with Gasteiger partial charge in [0, 0.05) is 45.6 Å². The molecule has 0 aliphatic carbocycles. The van der Waals surface area contributed by atoms with Crippen LogP contribution >= 0.6 is 0 Å². The van der Waals surface area contributed by atoms with Gasteiger partial charge in [0.25, 0.3) is 0 Å². The highest BCUT2D eigenvalue weighted by Crippen LogP contribution is 2.21. The van der Waals surface area contributed by atoms with E-state index in [1.807, 2.05) is 0 Å². The molecule has 0 fully saturated rings. The molecular formula is C16H28N2O2. The number of anilines is 1. The Kier molecular flexibility index (Phi) is 8.26. The maximum Gasteiger partial charge on any atom is 0.0587 e. The van der Waals surface area contributed by atoms with Gasteiger partial charge in [0.1, 0.15) is 0 Å². The first-order valence-corrected chi connectivity index (χ1v) is 7.38. The Morgan fingerprint density at radius 3 is 2.75 bits per heavy atom. The number of aliphatic hydroxyl groups is 1. The maximum atomic E-state index is 8.97. The van der Waals surface area contributed by atoms with Crippen LogP contribution in [0, 0.1) is 6.92 Å². The van der Waals surface area contributed by atoms with Crippen LogP contribution in [0.25, 0.3) is 0 Å². The van der Waals surface area contributed by atoms with Gasteiger partial charge in [-0.25, -0.2) is 0 Å². The van der Waals surface area contributed by atoms with Crippen molar-refractivity contribution in [1.29, 1.82) is 0 Å². The molecule has 2 N–H and O–H groups in total. The summed E-state index contributed by atoms with van der Waals surface area (Å²) in [5.41, 5.74) is 3.85. The van der Waals surface area contributed by atoms with Crippen molar-refractivity contribution in [1.82, 2.24) is 5.32 Å². The van der Waals surface area contributed by atoms with Gasteiger partial charge >= 0.3 is 0 Å². The molecule has 0 spiro atoms. The van der Waals surface area contributed by atoms with Crippen molar-refractivity contribution in [2.75, 3.05) is 44.9 Å². The summed E-state index contributed by atoms with van der Waals surface area (Å²) in [5, 5.41) is 12.3. The summed E-state index contributed by atoms with van der Waals surface area (Å²) < 4.78 is 5.02. The van der Waals surface area contributed by atoms with Crippen LogP contribution in [0.3, 0.4) is 0 Å². The van der Waals surface area contributed by atoms with E-state index in [-0.39, 0.29) is 6.61 Å². The lowest BCUT2D eigenvalue weighted by molar-refractivity contribution is 0.199. The molecule has 1 rings (SSSR count). The minimum absolute atomic E-state index is 0.247. The van der Waals surface area contributed by atoms with Crippen molar-refractivity contribution in [3.63, 3.8) is 0 Å². The van der Waals surface area contributed by atoms with Gasteiger partial charge in [-0.2, -0.15) is 0 Å². The maximum absolute atomic E-state index is 8.97. The number of nitrogens with zero attached hydrogens (tertiary/aromatic N) is 1. The van der Waals surface area contributed by atoms with Gasteiger partial charge in [0.15, 0.2) is 0 Å². The first-order valence-electron chi connectivity index (χ1n) is 7.38. The standard InChI is InChI=1S/C16H28N2O2/c1-4-18(9-5-10-19)16-7-6-15(12-14(16)2)13-17-8-11-20-3/h6-7,12,17,19H,4-5,8-11,13H2,1-3H3. The summed E-state index contributed by atoms with van der Waals surface area (Å²) in [5.74, 6) is 0. The third kappa shape index (κ3) is 5.49. The molecule has 4 nitrogen and oxygen atoms in total. The fourth-order valence-electron chi connectivity index (χ4n) is 2.30. The Balaban J connectivity index is 2.61. The van der Waals surface area contributed by atoms with E-state index in [1.54, 1.807) is 7.11 Å². The number of nitrogens with one attached hydrogen (secondary N) is 1. The van der Waals surface area contributed by atoms with Crippen molar-refractivity contribution in [2.45, 2.75) is 26.8 Å². The fraction of sp³-hybridized carbons (Fsp3) is 0.625. The van der Waals surface area contributed by atoms with Crippen LogP contribution in [0.1, 0.15) is 24.5 Å².